The Morgan fingerprint density at radius 1 is 1.25 bits per heavy atom. The zero-order valence-corrected chi connectivity index (χ0v) is 13.6. The monoisotopic (exact) mass is 284 g/mol. The smallest absolute Gasteiger partial charge is 0.224 e. The first kappa shape index (κ1) is 17.4. The molecule has 118 valence electrons. The lowest BCUT2D eigenvalue weighted by Crippen LogP contribution is -2.42. The van der Waals surface area contributed by atoms with Gasteiger partial charge in [-0.05, 0) is 44.9 Å². The molecule has 1 aliphatic heterocycles. The lowest BCUT2D eigenvalue weighted by Gasteiger charge is -2.33. The highest BCUT2D eigenvalue weighted by Crippen LogP contribution is 2.20. The summed E-state index contributed by atoms with van der Waals surface area (Å²) in [5.74, 6) is 1.43. The van der Waals surface area contributed by atoms with Gasteiger partial charge in [-0.1, -0.05) is 13.8 Å². The topological polar surface area (TPSA) is 55.6 Å². The standard InChI is InChI=1S/C16H32N2O2/c1-12(2)11-13(3)20-10-7-16(19)18-8-5-15(6-9-18)14(4)17/h12-15H,5-11,17H2,1-4H3. The summed E-state index contributed by atoms with van der Waals surface area (Å²) >= 11 is 0. The number of amides is 1. The Morgan fingerprint density at radius 2 is 1.85 bits per heavy atom. The van der Waals surface area contributed by atoms with Crippen LogP contribution in [0.2, 0.25) is 0 Å². The molecule has 0 aromatic carbocycles. The number of carbonyl (C=O) groups is 1. The van der Waals surface area contributed by atoms with Gasteiger partial charge in [0.25, 0.3) is 0 Å². The van der Waals surface area contributed by atoms with Crippen LogP contribution in [0.15, 0.2) is 0 Å². The third kappa shape index (κ3) is 6.23. The second-order valence-corrected chi connectivity index (χ2v) is 6.64. The molecule has 2 N–H and O–H groups in total. The summed E-state index contributed by atoms with van der Waals surface area (Å²) in [7, 11) is 0. The highest BCUT2D eigenvalue weighted by Gasteiger charge is 2.24. The fourth-order valence-electron chi connectivity index (χ4n) is 2.91. The summed E-state index contributed by atoms with van der Waals surface area (Å²) in [5.41, 5.74) is 5.92. The number of hydrogen-bond donors (Lipinski definition) is 1. The molecule has 0 spiro atoms. The summed E-state index contributed by atoms with van der Waals surface area (Å²) in [6.07, 6.45) is 3.87. The summed E-state index contributed by atoms with van der Waals surface area (Å²) in [6.45, 7) is 10.8. The number of nitrogens with zero attached hydrogens (tertiary/aromatic N) is 1. The van der Waals surface area contributed by atoms with Crippen molar-refractivity contribution in [2.45, 2.75) is 65.5 Å². The molecule has 0 bridgehead atoms. The minimum atomic E-state index is 0.227. The van der Waals surface area contributed by atoms with Crippen LogP contribution >= 0.6 is 0 Å². The van der Waals surface area contributed by atoms with Crippen LogP contribution in [0.25, 0.3) is 0 Å². The van der Waals surface area contributed by atoms with E-state index in [1.807, 2.05) is 4.90 Å². The molecule has 1 rings (SSSR count). The average Bonchev–Trinajstić information content (AvgIpc) is 2.37. The third-order valence-corrected chi connectivity index (χ3v) is 4.16. The Hall–Kier alpha value is -0.610. The number of carbonyl (C=O) groups excluding carboxylic acids is 1. The van der Waals surface area contributed by atoms with Crippen LogP contribution in [0.5, 0.6) is 0 Å². The second kappa shape index (κ2) is 8.63. The molecule has 0 aromatic heterocycles. The van der Waals surface area contributed by atoms with Gasteiger partial charge in [0, 0.05) is 19.1 Å². The van der Waals surface area contributed by atoms with E-state index in [4.69, 9.17) is 10.5 Å². The Labute approximate surface area is 124 Å². The van der Waals surface area contributed by atoms with Crippen LogP contribution in [0.1, 0.15) is 53.4 Å². The SMILES string of the molecule is CC(C)CC(C)OCCC(=O)N1CCC(C(C)N)CC1. The molecule has 2 unspecified atom stereocenters. The van der Waals surface area contributed by atoms with E-state index < -0.39 is 0 Å². The molecule has 4 nitrogen and oxygen atoms in total. The van der Waals surface area contributed by atoms with Gasteiger partial charge >= 0.3 is 0 Å². The fourth-order valence-corrected chi connectivity index (χ4v) is 2.91. The van der Waals surface area contributed by atoms with E-state index in [2.05, 4.69) is 27.7 Å². The highest BCUT2D eigenvalue weighted by atomic mass is 16.5. The van der Waals surface area contributed by atoms with Crippen LogP contribution < -0.4 is 5.73 Å². The van der Waals surface area contributed by atoms with Crippen molar-refractivity contribution in [1.82, 2.24) is 4.90 Å². The van der Waals surface area contributed by atoms with Crippen molar-refractivity contribution in [1.29, 1.82) is 0 Å². The van der Waals surface area contributed by atoms with Crippen LogP contribution in [-0.4, -0.2) is 42.6 Å². The zero-order valence-electron chi connectivity index (χ0n) is 13.6. The van der Waals surface area contributed by atoms with Crippen molar-refractivity contribution in [2.24, 2.45) is 17.6 Å². The summed E-state index contributed by atoms with van der Waals surface area (Å²) in [6, 6.07) is 0.243. The zero-order chi connectivity index (χ0) is 15.1. The van der Waals surface area contributed by atoms with E-state index >= 15 is 0 Å². The first-order valence-corrected chi connectivity index (χ1v) is 8.05. The highest BCUT2D eigenvalue weighted by molar-refractivity contribution is 5.76. The predicted molar refractivity (Wildman–Crippen MR) is 82.4 cm³/mol. The second-order valence-electron chi connectivity index (χ2n) is 6.64. The average molecular weight is 284 g/mol. The number of piperidine rings is 1. The molecule has 0 aromatic rings. The molecule has 0 radical (unpaired) electrons. The largest absolute Gasteiger partial charge is 0.378 e. The minimum Gasteiger partial charge on any atom is -0.378 e. The van der Waals surface area contributed by atoms with E-state index in [1.54, 1.807) is 0 Å². The first-order chi connectivity index (χ1) is 9.40. The Balaban J connectivity index is 2.18. The van der Waals surface area contributed by atoms with E-state index in [-0.39, 0.29) is 18.1 Å². The number of hydrogen-bond acceptors (Lipinski definition) is 3. The van der Waals surface area contributed by atoms with Gasteiger partial charge in [-0.3, -0.25) is 4.79 Å². The number of rotatable bonds is 7. The maximum absolute atomic E-state index is 12.1. The molecule has 1 saturated heterocycles. The van der Waals surface area contributed by atoms with Crippen molar-refractivity contribution >= 4 is 5.91 Å². The fraction of sp³-hybridized carbons (Fsp3) is 0.938. The summed E-state index contributed by atoms with van der Waals surface area (Å²) in [5, 5.41) is 0. The van der Waals surface area contributed by atoms with Crippen LogP contribution in [0.4, 0.5) is 0 Å². The van der Waals surface area contributed by atoms with E-state index in [1.165, 1.54) is 0 Å². The lowest BCUT2D eigenvalue weighted by atomic mass is 9.91. The third-order valence-electron chi connectivity index (χ3n) is 4.16. The number of nitrogens with two attached hydrogens (primary N) is 1. The molecule has 4 heteroatoms. The van der Waals surface area contributed by atoms with Gasteiger partial charge in [-0.15, -0.1) is 0 Å². The molecule has 1 heterocycles. The normalized spacial score (nSPS) is 20.2. The van der Waals surface area contributed by atoms with E-state index in [9.17, 15) is 4.79 Å². The van der Waals surface area contributed by atoms with Gasteiger partial charge in [-0.25, -0.2) is 0 Å². The maximum atomic E-state index is 12.1. The van der Waals surface area contributed by atoms with Crippen LogP contribution in [-0.2, 0) is 9.53 Å². The molecule has 1 fully saturated rings. The predicted octanol–water partition coefficient (Wildman–Crippen LogP) is 2.41. The molecule has 20 heavy (non-hydrogen) atoms. The molecular weight excluding hydrogens is 252 g/mol. The lowest BCUT2D eigenvalue weighted by molar-refractivity contribution is -0.134. The number of likely N-dealkylation sites (tertiary alicyclic amines) is 1. The first-order valence-electron chi connectivity index (χ1n) is 8.05. The molecule has 1 amide bonds. The molecule has 0 aliphatic carbocycles. The Morgan fingerprint density at radius 3 is 2.35 bits per heavy atom. The molecule has 2 atom stereocenters. The summed E-state index contributed by atoms with van der Waals surface area (Å²) in [4.78, 5) is 14.1. The maximum Gasteiger partial charge on any atom is 0.224 e. The van der Waals surface area contributed by atoms with E-state index in [0.29, 0.717) is 24.9 Å². The van der Waals surface area contributed by atoms with Gasteiger partial charge < -0.3 is 15.4 Å². The quantitative estimate of drug-likeness (QED) is 0.781. The number of ether oxygens (including phenoxy) is 1. The van der Waals surface area contributed by atoms with Crippen molar-refractivity contribution in [3.8, 4) is 0 Å². The van der Waals surface area contributed by atoms with Crippen molar-refractivity contribution < 1.29 is 9.53 Å². The molecule has 0 saturated carbocycles. The minimum absolute atomic E-state index is 0.227. The van der Waals surface area contributed by atoms with Gasteiger partial charge in [0.1, 0.15) is 0 Å². The van der Waals surface area contributed by atoms with Crippen LogP contribution in [0, 0.1) is 11.8 Å². The van der Waals surface area contributed by atoms with Crippen molar-refractivity contribution in [3.05, 3.63) is 0 Å². The van der Waals surface area contributed by atoms with Gasteiger partial charge in [0.2, 0.25) is 5.91 Å². The Kier molecular flexibility index (Phi) is 7.52. The Bertz CT molecular complexity index is 284. The van der Waals surface area contributed by atoms with Crippen LogP contribution in [0.3, 0.4) is 0 Å². The van der Waals surface area contributed by atoms with E-state index in [0.717, 1.165) is 32.4 Å². The van der Waals surface area contributed by atoms with Crippen molar-refractivity contribution in [3.63, 3.8) is 0 Å². The van der Waals surface area contributed by atoms with Gasteiger partial charge in [-0.2, -0.15) is 0 Å². The summed E-state index contributed by atoms with van der Waals surface area (Å²) < 4.78 is 5.71. The molecule has 1 aliphatic rings. The van der Waals surface area contributed by atoms with Gasteiger partial charge in [0.05, 0.1) is 19.1 Å². The van der Waals surface area contributed by atoms with Gasteiger partial charge in [0.15, 0.2) is 0 Å². The molecular formula is C16H32N2O2. The van der Waals surface area contributed by atoms with Crippen molar-refractivity contribution in [2.75, 3.05) is 19.7 Å².